The van der Waals surface area contributed by atoms with Crippen LogP contribution in [0.4, 0.5) is 0 Å². The number of carboxylic acid groups (broad SMARTS) is 1. The molecule has 0 heterocycles. The molecule has 0 radical (unpaired) electrons. The Labute approximate surface area is 176 Å². The molecule has 6 heteroatoms. The van der Waals surface area contributed by atoms with E-state index in [1.807, 2.05) is 6.07 Å². The molecule has 1 aliphatic rings. The van der Waals surface area contributed by atoms with Crippen LogP contribution in [0, 0.1) is 5.92 Å². The van der Waals surface area contributed by atoms with Crippen LogP contribution in [-0.2, 0) is 16.2 Å². The minimum Gasteiger partial charge on any atom is -0.508 e. The largest absolute Gasteiger partial charge is 0.508 e. The van der Waals surface area contributed by atoms with Gasteiger partial charge >= 0.3 is 5.97 Å². The van der Waals surface area contributed by atoms with Gasteiger partial charge in [0, 0.05) is 6.42 Å². The Kier molecular flexibility index (Phi) is 7.49. The molecule has 1 saturated carbocycles. The van der Waals surface area contributed by atoms with Gasteiger partial charge in [0.05, 0.1) is 0 Å². The molecular formula is C24H27NO5. The number of amides is 1. The molecule has 0 aliphatic heterocycles. The third kappa shape index (κ3) is 6.65. The second-order valence-corrected chi connectivity index (χ2v) is 7.63. The maximum Gasteiger partial charge on any atom is 0.352 e. The number of aromatic hydroxyl groups is 1. The number of benzene rings is 2. The summed E-state index contributed by atoms with van der Waals surface area (Å²) in [6.45, 7) is 0.307. The Morgan fingerprint density at radius 1 is 1.10 bits per heavy atom. The lowest BCUT2D eigenvalue weighted by Crippen LogP contribution is -2.27. The van der Waals surface area contributed by atoms with Crippen LogP contribution >= 0.6 is 0 Å². The predicted molar refractivity (Wildman–Crippen MR) is 114 cm³/mol. The van der Waals surface area contributed by atoms with E-state index in [0.29, 0.717) is 30.3 Å². The van der Waals surface area contributed by atoms with E-state index in [1.54, 1.807) is 42.5 Å². The molecule has 30 heavy (non-hydrogen) atoms. The van der Waals surface area contributed by atoms with Crippen LogP contribution in [0.2, 0.25) is 0 Å². The van der Waals surface area contributed by atoms with Crippen LogP contribution in [0.25, 0.3) is 6.08 Å². The van der Waals surface area contributed by atoms with Crippen molar-refractivity contribution in [2.24, 2.45) is 5.92 Å². The quantitative estimate of drug-likeness (QED) is 0.531. The Hall–Kier alpha value is -3.28. The van der Waals surface area contributed by atoms with Crippen molar-refractivity contribution in [1.82, 2.24) is 5.32 Å². The van der Waals surface area contributed by atoms with Gasteiger partial charge in [0.2, 0.25) is 5.91 Å². The molecule has 0 aromatic heterocycles. The first-order chi connectivity index (χ1) is 14.5. The Morgan fingerprint density at radius 3 is 2.50 bits per heavy atom. The highest BCUT2D eigenvalue weighted by atomic mass is 16.5. The Morgan fingerprint density at radius 2 is 1.83 bits per heavy atom. The second-order valence-electron chi connectivity index (χ2n) is 7.63. The molecule has 6 nitrogen and oxygen atoms in total. The molecule has 3 rings (SSSR count). The van der Waals surface area contributed by atoms with Gasteiger partial charge in [-0.25, -0.2) is 4.79 Å². The third-order valence-corrected chi connectivity index (χ3v) is 5.27. The molecule has 1 fully saturated rings. The highest BCUT2D eigenvalue weighted by Crippen LogP contribution is 2.28. The van der Waals surface area contributed by atoms with Crippen LogP contribution in [0.1, 0.15) is 49.7 Å². The first-order valence-electron chi connectivity index (χ1n) is 10.3. The lowest BCUT2D eigenvalue weighted by atomic mass is 10.0. The summed E-state index contributed by atoms with van der Waals surface area (Å²) in [6.07, 6.45) is 7.36. The van der Waals surface area contributed by atoms with Crippen molar-refractivity contribution in [1.29, 1.82) is 0 Å². The number of carbonyl (C=O) groups excluding carboxylic acids is 1. The fourth-order valence-electron chi connectivity index (χ4n) is 3.64. The number of rotatable bonds is 9. The first kappa shape index (κ1) is 21.4. The number of carbonyl (C=O) groups is 2. The molecule has 2 aromatic carbocycles. The summed E-state index contributed by atoms with van der Waals surface area (Å²) < 4.78 is 5.68. The lowest BCUT2D eigenvalue weighted by molar-refractivity contribution is -0.134. The molecular weight excluding hydrogens is 382 g/mol. The van der Waals surface area contributed by atoms with Crippen molar-refractivity contribution in [3.63, 3.8) is 0 Å². The summed E-state index contributed by atoms with van der Waals surface area (Å²) in [5.74, 6) is -0.0495. The summed E-state index contributed by atoms with van der Waals surface area (Å²) in [6, 6.07) is 13.7. The average molecular weight is 409 g/mol. The van der Waals surface area contributed by atoms with Gasteiger partial charge in [0.25, 0.3) is 0 Å². The van der Waals surface area contributed by atoms with E-state index in [0.717, 1.165) is 24.8 Å². The molecule has 3 N–H and O–H groups in total. The minimum atomic E-state index is -1.17. The maximum atomic E-state index is 12.1. The summed E-state index contributed by atoms with van der Waals surface area (Å²) in [4.78, 5) is 23.7. The smallest absolute Gasteiger partial charge is 0.352 e. The highest BCUT2D eigenvalue weighted by Gasteiger charge is 2.17. The van der Waals surface area contributed by atoms with Gasteiger partial charge < -0.3 is 20.3 Å². The van der Waals surface area contributed by atoms with Crippen LogP contribution in [0.5, 0.6) is 11.5 Å². The molecule has 158 valence electrons. The van der Waals surface area contributed by atoms with Gasteiger partial charge in [-0.2, -0.15) is 0 Å². The standard InChI is InChI=1S/C24H27NO5/c26-20-7-3-6-19(14-20)16-30-21-11-8-18(9-12-21)15-22(24(28)29)25-23(27)13-10-17-4-1-2-5-17/h3,6-9,11-12,14-15,17,26H,1-2,4-5,10,13,16H2,(H,25,27)(H,28,29). The Balaban J connectivity index is 1.55. The molecule has 0 saturated heterocycles. The minimum absolute atomic E-state index is 0.139. The van der Waals surface area contributed by atoms with Gasteiger partial charge in [-0.05, 0) is 53.8 Å². The third-order valence-electron chi connectivity index (χ3n) is 5.27. The average Bonchev–Trinajstić information content (AvgIpc) is 3.25. The van der Waals surface area contributed by atoms with Crippen LogP contribution < -0.4 is 10.1 Å². The van der Waals surface area contributed by atoms with Crippen molar-refractivity contribution in [2.45, 2.75) is 45.1 Å². The second kappa shape index (κ2) is 10.5. The number of hydrogen-bond donors (Lipinski definition) is 3. The summed E-state index contributed by atoms with van der Waals surface area (Å²) in [5.41, 5.74) is 1.35. The van der Waals surface area contributed by atoms with E-state index in [1.165, 1.54) is 18.9 Å². The summed E-state index contributed by atoms with van der Waals surface area (Å²) >= 11 is 0. The fourth-order valence-corrected chi connectivity index (χ4v) is 3.64. The first-order valence-corrected chi connectivity index (χ1v) is 10.3. The van der Waals surface area contributed by atoms with Crippen molar-refractivity contribution < 1.29 is 24.5 Å². The molecule has 0 atom stereocenters. The maximum absolute atomic E-state index is 12.1. The predicted octanol–water partition coefficient (Wildman–Crippen LogP) is 4.48. The molecule has 0 unspecified atom stereocenters. The molecule has 2 aromatic rings. The number of carboxylic acids is 1. The van der Waals surface area contributed by atoms with Gasteiger partial charge in [-0.1, -0.05) is 49.9 Å². The van der Waals surface area contributed by atoms with E-state index in [9.17, 15) is 19.8 Å². The zero-order valence-corrected chi connectivity index (χ0v) is 16.8. The number of phenolic OH excluding ortho intramolecular Hbond substituents is 1. The van der Waals surface area contributed by atoms with Crippen molar-refractivity contribution >= 4 is 18.0 Å². The van der Waals surface area contributed by atoms with Crippen molar-refractivity contribution in [2.75, 3.05) is 0 Å². The fraction of sp³-hybridized carbons (Fsp3) is 0.333. The molecule has 1 aliphatic carbocycles. The zero-order valence-electron chi connectivity index (χ0n) is 16.8. The normalized spacial score (nSPS) is 14.5. The van der Waals surface area contributed by atoms with E-state index in [4.69, 9.17) is 4.74 Å². The number of hydrogen-bond acceptors (Lipinski definition) is 4. The van der Waals surface area contributed by atoms with E-state index in [2.05, 4.69) is 5.32 Å². The number of ether oxygens (including phenoxy) is 1. The van der Waals surface area contributed by atoms with Gasteiger partial charge in [0.15, 0.2) is 0 Å². The SMILES string of the molecule is O=C(CCC1CCCC1)NC(=Cc1ccc(OCc2cccc(O)c2)cc1)C(=O)O. The zero-order chi connectivity index (χ0) is 21.3. The van der Waals surface area contributed by atoms with Crippen molar-refractivity contribution in [3.05, 3.63) is 65.4 Å². The van der Waals surface area contributed by atoms with E-state index < -0.39 is 5.97 Å². The van der Waals surface area contributed by atoms with Crippen LogP contribution in [-0.4, -0.2) is 22.1 Å². The summed E-state index contributed by atoms with van der Waals surface area (Å²) in [7, 11) is 0. The van der Waals surface area contributed by atoms with Gasteiger partial charge in [-0.3, -0.25) is 4.79 Å². The molecule has 1 amide bonds. The number of nitrogens with one attached hydrogen (secondary N) is 1. The molecule has 0 spiro atoms. The van der Waals surface area contributed by atoms with Gasteiger partial charge in [0.1, 0.15) is 23.8 Å². The summed E-state index contributed by atoms with van der Waals surface area (Å²) in [5, 5.41) is 21.4. The monoisotopic (exact) mass is 409 g/mol. The van der Waals surface area contributed by atoms with Crippen molar-refractivity contribution in [3.8, 4) is 11.5 Å². The van der Waals surface area contributed by atoms with E-state index >= 15 is 0 Å². The number of aliphatic carboxylic acids is 1. The Bertz CT molecular complexity index is 898. The van der Waals surface area contributed by atoms with E-state index in [-0.39, 0.29) is 17.4 Å². The van der Waals surface area contributed by atoms with Gasteiger partial charge in [-0.15, -0.1) is 0 Å². The lowest BCUT2D eigenvalue weighted by Gasteiger charge is -2.10. The highest BCUT2D eigenvalue weighted by molar-refractivity contribution is 5.96. The molecule has 0 bridgehead atoms. The topological polar surface area (TPSA) is 95.9 Å². The number of phenols is 1. The van der Waals surface area contributed by atoms with Crippen LogP contribution in [0.15, 0.2) is 54.2 Å². The van der Waals surface area contributed by atoms with Crippen LogP contribution in [0.3, 0.4) is 0 Å².